The third kappa shape index (κ3) is 5.11. The summed E-state index contributed by atoms with van der Waals surface area (Å²) in [5, 5.41) is 3.65. The summed E-state index contributed by atoms with van der Waals surface area (Å²) in [5.74, 6) is 0.0290. The van der Waals surface area contributed by atoms with Gasteiger partial charge in [0.2, 0.25) is 5.91 Å². The summed E-state index contributed by atoms with van der Waals surface area (Å²) in [7, 11) is 1.69. The molecule has 1 unspecified atom stereocenters. The Balaban J connectivity index is 1.62. The number of ether oxygens (including phenoxy) is 1. The fourth-order valence-corrected chi connectivity index (χ4v) is 3.85. The van der Waals surface area contributed by atoms with Crippen molar-refractivity contribution in [3.63, 3.8) is 0 Å². The normalized spacial score (nSPS) is 12.2. The van der Waals surface area contributed by atoms with Gasteiger partial charge >= 0.3 is 0 Å². The molecule has 3 rings (SSSR count). The first-order valence-electron chi connectivity index (χ1n) is 9.11. The highest BCUT2D eigenvalue weighted by molar-refractivity contribution is 8.00. The molecule has 1 amide bonds. The number of rotatable bonds is 9. The number of carbonyl (C=O) groups excluding carboxylic acids is 1. The minimum Gasteiger partial charge on any atom is -0.383 e. The summed E-state index contributed by atoms with van der Waals surface area (Å²) in [4.78, 5) is 17.2. The zero-order chi connectivity index (χ0) is 19.1. The van der Waals surface area contributed by atoms with Crippen LogP contribution in [0.2, 0.25) is 0 Å². The van der Waals surface area contributed by atoms with E-state index in [1.807, 2.05) is 49.4 Å². The summed E-state index contributed by atoms with van der Waals surface area (Å²) in [6.45, 7) is 3.86. The van der Waals surface area contributed by atoms with Crippen molar-refractivity contribution < 1.29 is 9.53 Å². The van der Waals surface area contributed by atoms with Crippen LogP contribution in [-0.4, -0.2) is 41.0 Å². The van der Waals surface area contributed by atoms with Gasteiger partial charge in [0.05, 0.1) is 22.9 Å². The molecule has 142 valence electrons. The van der Waals surface area contributed by atoms with Crippen LogP contribution in [-0.2, 0) is 22.5 Å². The Hall–Kier alpha value is -2.31. The van der Waals surface area contributed by atoms with Crippen LogP contribution in [0.3, 0.4) is 0 Å². The Morgan fingerprint density at radius 1 is 1.19 bits per heavy atom. The second-order valence-corrected chi connectivity index (χ2v) is 7.62. The van der Waals surface area contributed by atoms with E-state index in [9.17, 15) is 4.79 Å². The van der Waals surface area contributed by atoms with E-state index >= 15 is 0 Å². The van der Waals surface area contributed by atoms with Crippen molar-refractivity contribution >= 4 is 28.7 Å². The quantitative estimate of drug-likeness (QED) is 0.575. The summed E-state index contributed by atoms with van der Waals surface area (Å²) < 4.78 is 7.35. The molecule has 0 bridgehead atoms. The van der Waals surface area contributed by atoms with Gasteiger partial charge in [0, 0.05) is 20.2 Å². The SMILES string of the molecule is COCCn1c(SC(C)C(=O)NCCc2ccccc2)nc2ccccc21. The van der Waals surface area contributed by atoms with Crippen molar-refractivity contribution in [2.45, 2.75) is 30.3 Å². The van der Waals surface area contributed by atoms with Crippen LogP contribution >= 0.6 is 11.8 Å². The molecule has 0 aliphatic heterocycles. The van der Waals surface area contributed by atoms with Crippen LogP contribution in [0.15, 0.2) is 59.8 Å². The highest BCUT2D eigenvalue weighted by Crippen LogP contribution is 2.27. The van der Waals surface area contributed by atoms with Crippen molar-refractivity contribution in [3.8, 4) is 0 Å². The number of nitrogens with one attached hydrogen (secondary N) is 1. The number of benzene rings is 2. The maximum absolute atomic E-state index is 12.5. The maximum atomic E-state index is 12.5. The average Bonchev–Trinajstić information content (AvgIpc) is 3.04. The van der Waals surface area contributed by atoms with Gasteiger partial charge < -0.3 is 14.6 Å². The topological polar surface area (TPSA) is 56.1 Å². The van der Waals surface area contributed by atoms with Gasteiger partial charge in [0.25, 0.3) is 0 Å². The molecule has 1 atom stereocenters. The monoisotopic (exact) mass is 383 g/mol. The lowest BCUT2D eigenvalue weighted by molar-refractivity contribution is -0.120. The standard InChI is InChI=1S/C21H25N3O2S/c1-16(20(25)22-13-12-17-8-4-3-5-9-17)27-21-23-18-10-6-7-11-19(18)24(21)14-15-26-2/h3-11,16H,12-15H2,1-2H3,(H,22,25). The van der Waals surface area contributed by atoms with E-state index in [-0.39, 0.29) is 11.2 Å². The molecule has 1 N–H and O–H groups in total. The van der Waals surface area contributed by atoms with Crippen LogP contribution < -0.4 is 5.32 Å². The number of hydrogen-bond donors (Lipinski definition) is 1. The molecular formula is C21H25N3O2S. The molecule has 27 heavy (non-hydrogen) atoms. The molecule has 5 nitrogen and oxygen atoms in total. The zero-order valence-electron chi connectivity index (χ0n) is 15.7. The third-order valence-electron chi connectivity index (χ3n) is 4.35. The van der Waals surface area contributed by atoms with Gasteiger partial charge in [-0.25, -0.2) is 4.98 Å². The van der Waals surface area contributed by atoms with E-state index in [1.165, 1.54) is 17.3 Å². The van der Waals surface area contributed by atoms with Gasteiger partial charge in [0.15, 0.2) is 5.16 Å². The van der Waals surface area contributed by atoms with Crippen molar-refractivity contribution in [3.05, 3.63) is 60.2 Å². The lowest BCUT2D eigenvalue weighted by atomic mass is 10.1. The number of carbonyl (C=O) groups is 1. The molecule has 0 spiro atoms. The highest BCUT2D eigenvalue weighted by Gasteiger charge is 2.19. The molecule has 3 aromatic rings. The number of imidazole rings is 1. The molecular weight excluding hydrogens is 358 g/mol. The fourth-order valence-electron chi connectivity index (χ4n) is 2.87. The van der Waals surface area contributed by atoms with Crippen molar-refractivity contribution in [2.75, 3.05) is 20.3 Å². The Morgan fingerprint density at radius 3 is 2.70 bits per heavy atom. The summed E-state index contributed by atoms with van der Waals surface area (Å²) >= 11 is 1.48. The summed E-state index contributed by atoms with van der Waals surface area (Å²) in [5.41, 5.74) is 3.22. The predicted octanol–water partition coefficient (Wildman–Crippen LogP) is 3.52. The Kier molecular flexibility index (Phi) is 6.90. The largest absolute Gasteiger partial charge is 0.383 e. The third-order valence-corrected chi connectivity index (χ3v) is 5.44. The smallest absolute Gasteiger partial charge is 0.233 e. The maximum Gasteiger partial charge on any atom is 0.233 e. The first-order chi connectivity index (χ1) is 13.2. The van der Waals surface area contributed by atoms with E-state index in [0.717, 1.165) is 22.6 Å². The number of thioether (sulfide) groups is 1. The molecule has 2 aromatic carbocycles. The van der Waals surface area contributed by atoms with E-state index in [4.69, 9.17) is 9.72 Å². The van der Waals surface area contributed by atoms with Crippen LogP contribution in [0.25, 0.3) is 11.0 Å². The Bertz CT molecular complexity index is 880. The molecule has 0 radical (unpaired) electrons. The highest BCUT2D eigenvalue weighted by atomic mass is 32.2. The molecule has 0 fully saturated rings. The van der Waals surface area contributed by atoms with Crippen molar-refractivity contribution in [2.24, 2.45) is 0 Å². The number of amides is 1. The van der Waals surface area contributed by atoms with Gasteiger partial charge in [-0.3, -0.25) is 4.79 Å². The average molecular weight is 384 g/mol. The lowest BCUT2D eigenvalue weighted by Gasteiger charge is -2.13. The predicted molar refractivity (Wildman–Crippen MR) is 110 cm³/mol. The molecule has 0 aliphatic carbocycles. The minimum absolute atomic E-state index is 0.0290. The Labute approximate surface area is 164 Å². The van der Waals surface area contributed by atoms with Crippen LogP contribution in [0.1, 0.15) is 12.5 Å². The first-order valence-corrected chi connectivity index (χ1v) is 9.99. The number of methoxy groups -OCH3 is 1. The van der Waals surface area contributed by atoms with E-state index in [1.54, 1.807) is 7.11 Å². The zero-order valence-corrected chi connectivity index (χ0v) is 16.5. The lowest BCUT2D eigenvalue weighted by Crippen LogP contribution is -2.32. The number of nitrogens with zero attached hydrogens (tertiary/aromatic N) is 2. The van der Waals surface area contributed by atoms with Crippen molar-refractivity contribution in [1.29, 1.82) is 0 Å². The number of aromatic nitrogens is 2. The minimum atomic E-state index is -0.223. The number of hydrogen-bond acceptors (Lipinski definition) is 4. The molecule has 1 aromatic heterocycles. The number of fused-ring (bicyclic) bond motifs is 1. The fraction of sp³-hybridized carbons (Fsp3) is 0.333. The molecule has 0 aliphatic rings. The molecule has 0 saturated carbocycles. The molecule has 0 saturated heterocycles. The van der Waals surface area contributed by atoms with E-state index < -0.39 is 0 Å². The Morgan fingerprint density at radius 2 is 1.93 bits per heavy atom. The second kappa shape index (κ2) is 9.58. The van der Waals surface area contributed by atoms with Crippen LogP contribution in [0.4, 0.5) is 0 Å². The number of para-hydroxylation sites is 2. The summed E-state index contributed by atoms with van der Waals surface area (Å²) in [6, 6.07) is 18.2. The van der Waals surface area contributed by atoms with Gasteiger partial charge in [-0.05, 0) is 31.0 Å². The van der Waals surface area contributed by atoms with Crippen LogP contribution in [0, 0.1) is 0 Å². The van der Waals surface area contributed by atoms with Gasteiger partial charge in [-0.2, -0.15) is 0 Å². The van der Waals surface area contributed by atoms with Crippen molar-refractivity contribution in [1.82, 2.24) is 14.9 Å². The van der Waals surface area contributed by atoms with Gasteiger partial charge in [0.1, 0.15) is 0 Å². The van der Waals surface area contributed by atoms with Gasteiger partial charge in [-0.15, -0.1) is 0 Å². The van der Waals surface area contributed by atoms with E-state index in [2.05, 4.69) is 22.0 Å². The molecule has 6 heteroatoms. The summed E-state index contributed by atoms with van der Waals surface area (Å²) in [6.07, 6.45) is 0.830. The van der Waals surface area contributed by atoms with Crippen LogP contribution in [0.5, 0.6) is 0 Å². The first kappa shape index (κ1) is 19.5. The second-order valence-electron chi connectivity index (χ2n) is 6.31. The van der Waals surface area contributed by atoms with Gasteiger partial charge in [-0.1, -0.05) is 54.2 Å². The molecule has 1 heterocycles. The van der Waals surface area contributed by atoms with E-state index in [0.29, 0.717) is 19.7 Å².